The molecule has 92 valence electrons. The lowest BCUT2D eigenvalue weighted by molar-refractivity contribution is 0.727. The minimum Gasteiger partial charge on any atom is -0.0813 e. The van der Waals surface area contributed by atoms with Crippen molar-refractivity contribution in [2.45, 2.75) is 46.0 Å². The summed E-state index contributed by atoms with van der Waals surface area (Å²) in [6, 6.07) is 10.5. The summed E-state index contributed by atoms with van der Waals surface area (Å²) in [5, 5.41) is 0. The molecule has 0 amide bonds. The summed E-state index contributed by atoms with van der Waals surface area (Å²) >= 11 is 0. The number of hydrogen-bond acceptors (Lipinski definition) is 0. The molecule has 0 radical (unpaired) electrons. The first kappa shape index (κ1) is 13.8. The largest absolute Gasteiger partial charge is 0.0813 e. The minimum absolute atomic E-state index is 1.12. The van der Waals surface area contributed by atoms with Crippen LogP contribution in [0.25, 0.3) is 6.08 Å². The van der Waals surface area contributed by atoms with Gasteiger partial charge >= 0.3 is 0 Å². The van der Waals surface area contributed by atoms with Crippen LogP contribution in [0.3, 0.4) is 0 Å². The molecule has 0 aromatic heterocycles. The average molecular weight is 228 g/mol. The minimum atomic E-state index is 1.12. The molecule has 0 heterocycles. The predicted octanol–water partition coefficient (Wildman–Crippen LogP) is 5.62. The van der Waals surface area contributed by atoms with E-state index in [1.807, 2.05) is 0 Å². The van der Waals surface area contributed by atoms with E-state index in [-0.39, 0.29) is 0 Å². The van der Waals surface area contributed by atoms with Crippen LogP contribution in [-0.2, 0) is 0 Å². The zero-order valence-corrected chi connectivity index (χ0v) is 11.2. The third-order valence-electron chi connectivity index (χ3n) is 2.91. The molecule has 0 saturated carbocycles. The standard InChI is InChI=1S/C17H24/c1-3-5-6-8-11-16(4-2)14-15-17-12-9-7-10-13-17/h7,9-15H,3-6,8H2,1-2H3/b15-14+,16-11?. The highest BCUT2D eigenvalue weighted by molar-refractivity contribution is 5.52. The topological polar surface area (TPSA) is 0 Å². The van der Waals surface area contributed by atoms with E-state index in [1.165, 1.54) is 36.8 Å². The zero-order valence-electron chi connectivity index (χ0n) is 11.2. The lowest BCUT2D eigenvalue weighted by Crippen LogP contribution is -1.78. The summed E-state index contributed by atoms with van der Waals surface area (Å²) in [7, 11) is 0. The summed E-state index contributed by atoms with van der Waals surface area (Å²) in [6.07, 6.45) is 13.1. The van der Waals surface area contributed by atoms with Gasteiger partial charge in [-0.25, -0.2) is 0 Å². The Morgan fingerprint density at radius 2 is 1.82 bits per heavy atom. The molecule has 1 rings (SSSR count). The van der Waals surface area contributed by atoms with Gasteiger partial charge in [0.25, 0.3) is 0 Å². The molecule has 1 aromatic rings. The van der Waals surface area contributed by atoms with Gasteiger partial charge in [0.05, 0.1) is 0 Å². The molecule has 0 aliphatic heterocycles. The van der Waals surface area contributed by atoms with Crippen molar-refractivity contribution in [1.82, 2.24) is 0 Å². The maximum Gasteiger partial charge on any atom is -0.0257 e. The van der Waals surface area contributed by atoms with E-state index >= 15 is 0 Å². The fraction of sp³-hybridized carbons (Fsp3) is 0.412. The number of benzene rings is 1. The first-order valence-corrected chi connectivity index (χ1v) is 6.79. The lowest BCUT2D eigenvalue weighted by atomic mass is 10.1. The van der Waals surface area contributed by atoms with Gasteiger partial charge in [-0.15, -0.1) is 0 Å². The molecule has 0 aliphatic carbocycles. The third kappa shape index (κ3) is 6.11. The fourth-order valence-electron chi connectivity index (χ4n) is 1.78. The van der Waals surface area contributed by atoms with E-state index in [9.17, 15) is 0 Å². The Morgan fingerprint density at radius 1 is 1.06 bits per heavy atom. The van der Waals surface area contributed by atoms with Crippen molar-refractivity contribution in [3.8, 4) is 0 Å². The van der Waals surface area contributed by atoms with E-state index < -0.39 is 0 Å². The summed E-state index contributed by atoms with van der Waals surface area (Å²) in [5.74, 6) is 0. The maximum atomic E-state index is 2.38. The molecular formula is C17H24. The first-order chi connectivity index (χ1) is 8.36. The van der Waals surface area contributed by atoms with E-state index in [0.29, 0.717) is 0 Å². The molecule has 1 aromatic carbocycles. The second kappa shape index (κ2) is 8.81. The molecule has 0 N–H and O–H groups in total. The zero-order chi connectivity index (χ0) is 12.3. The molecule has 0 nitrogen and oxygen atoms in total. The van der Waals surface area contributed by atoms with E-state index in [2.05, 4.69) is 62.4 Å². The van der Waals surface area contributed by atoms with E-state index in [0.717, 1.165) is 6.42 Å². The Hall–Kier alpha value is -1.30. The van der Waals surface area contributed by atoms with Crippen molar-refractivity contribution >= 4 is 6.08 Å². The highest BCUT2D eigenvalue weighted by atomic mass is 14.0. The summed E-state index contributed by atoms with van der Waals surface area (Å²) in [6.45, 7) is 4.47. The van der Waals surface area contributed by atoms with Gasteiger partial charge in [0.1, 0.15) is 0 Å². The highest BCUT2D eigenvalue weighted by Crippen LogP contribution is 2.10. The Bertz CT molecular complexity index is 344. The normalized spacial score (nSPS) is 12.2. The van der Waals surface area contributed by atoms with Gasteiger partial charge in [-0.1, -0.05) is 80.8 Å². The van der Waals surface area contributed by atoms with Crippen molar-refractivity contribution in [2.75, 3.05) is 0 Å². The van der Waals surface area contributed by atoms with Crippen molar-refractivity contribution in [2.24, 2.45) is 0 Å². The fourth-order valence-corrected chi connectivity index (χ4v) is 1.78. The van der Waals surface area contributed by atoms with Crippen molar-refractivity contribution < 1.29 is 0 Å². The number of allylic oxidation sites excluding steroid dienone is 3. The molecule has 0 spiro atoms. The molecular weight excluding hydrogens is 204 g/mol. The molecule has 17 heavy (non-hydrogen) atoms. The van der Waals surface area contributed by atoms with Gasteiger partial charge in [0.15, 0.2) is 0 Å². The Balaban J connectivity index is 2.48. The van der Waals surface area contributed by atoms with Crippen LogP contribution < -0.4 is 0 Å². The molecule has 0 heteroatoms. The Kier molecular flexibility index (Phi) is 7.13. The molecule has 0 saturated heterocycles. The van der Waals surface area contributed by atoms with Crippen LogP contribution in [0.5, 0.6) is 0 Å². The summed E-state index contributed by atoms with van der Waals surface area (Å²) in [4.78, 5) is 0. The number of unbranched alkanes of at least 4 members (excludes halogenated alkanes) is 3. The van der Waals surface area contributed by atoms with Crippen molar-refractivity contribution in [3.05, 3.63) is 53.6 Å². The lowest BCUT2D eigenvalue weighted by Gasteiger charge is -1.99. The highest BCUT2D eigenvalue weighted by Gasteiger charge is 1.90. The molecule has 0 unspecified atom stereocenters. The Morgan fingerprint density at radius 3 is 2.47 bits per heavy atom. The second-order valence-corrected chi connectivity index (χ2v) is 4.37. The molecule has 0 atom stereocenters. The van der Waals surface area contributed by atoms with Gasteiger partial charge in [-0.05, 0) is 24.8 Å². The van der Waals surface area contributed by atoms with Crippen LogP contribution in [0.15, 0.2) is 48.1 Å². The van der Waals surface area contributed by atoms with Gasteiger partial charge in [-0.3, -0.25) is 0 Å². The first-order valence-electron chi connectivity index (χ1n) is 6.79. The SMILES string of the molecule is CCCCCC=C(/C=C/c1ccccc1)CC. The van der Waals surface area contributed by atoms with E-state index in [1.54, 1.807) is 0 Å². The van der Waals surface area contributed by atoms with E-state index in [4.69, 9.17) is 0 Å². The van der Waals surface area contributed by atoms with Crippen LogP contribution in [0.4, 0.5) is 0 Å². The second-order valence-electron chi connectivity index (χ2n) is 4.37. The van der Waals surface area contributed by atoms with Crippen LogP contribution in [0.1, 0.15) is 51.5 Å². The molecule has 0 aliphatic rings. The van der Waals surface area contributed by atoms with Gasteiger partial charge in [0, 0.05) is 0 Å². The average Bonchev–Trinajstić information content (AvgIpc) is 2.39. The van der Waals surface area contributed by atoms with Gasteiger partial charge < -0.3 is 0 Å². The summed E-state index contributed by atoms with van der Waals surface area (Å²) < 4.78 is 0. The van der Waals surface area contributed by atoms with Gasteiger partial charge in [-0.2, -0.15) is 0 Å². The van der Waals surface area contributed by atoms with Crippen molar-refractivity contribution in [3.63, 3.8) is 0 Å². The van der Waals surface area contributed by atoms with Crippen LogP contribution in [0.2, 0.25) is 0 Å². The number of rotatable bonds is 7. The van der Waals surface area contributed by atoms with Crippen LogP contribution in [0, 0.1) is 0 Å². The monoisotopic (exact) mass is 228 g/mol. The van der Waals surface area contributed by atoms with Crippen LogP contribution in [-0.4, -0.2) is 0 Å². The third-order valence-corrected chi connectivity index (χ3v) is 2.91. The predicted molar refractivity (Wildman–Crippen MR) is 78.0 cm³/mol. The van der Waals surface area contributed by atoms with Crippen molar-refractivity contribution in [1.29, 1.82) is 0 Å². The quantitative estimate of drug-likeness (QED) is 0.420. The molecule has 0 bridgehead atoms. The molecule has 0 fully saturated rings. The van der Waals surface area contributed by atoms with Crippen LogP contribution >= 0.6 is 0 Å². The Labute approximate surface area is 106 Å². The summed E-state index contributed by atoms with van der Waals surface area (Å²) in [5.41, 5.74) is 2.73. The number of hydrogen-bond donors (Lipinski definition) is 0. The van der Waals surface area contributed by atoms with Gasteiger partial charge in [0.2, 0.25) is 0 Å². The maximum absolute atomic E-state index is 2.38. The smallest absolute Gasteiger partial charge is 0.0257 e.